The van der Waals surface area contributed by atoms with Crippen molar-refractivity contribution in [3.05, 3.63) is 42.0 Å². The van der Waals surface area contributed by atoms with Crippen molar-refractivity contribution in [2.45, 2.75) is 135 Å². The number of rotatable bonds is 5. The molecule has 0 amide bonds. The van der Waals surface area contributed by atoms with Crippen LogP contribution in [-0.4, -0.2) is 22.7 Å². The zero-order valence-electron chi connectivity index (χ0n) is 25.3. The third-order valence-electron chi connectivity index (χ3n) is 11.6. The summed E-state index contributed by atoms with van der Waals surface area (Å²) >= 11 is 0. The first-order chi connectivity index (χ1) is 16.4. The average Bonchev–Trinajstić information content (AvgIpc) is 3.07. The highest BCUT2D eigenvalue weighted by Gasteiger charge is 2.62. The molecule has 4 rings (SSSR count). The number of aryl methyl sites for hydroxylation is 1. The molecule has 0 aromatic heterocycles. The molecule has 4 heteroatoms. The van der Waals surface area contributed by atoms with Gasteiger partial charge in [0.05, 0.1) is 6.10 Å². The highest BCUT2D eigenvalue weighted by molar-refractivity contribution is 6.75. The van der Waals surface area contributed by atoms with E-state index in [0.717, 1.165) is 12.2 Å². The van der Waals surface area contributed by atoms with Crippen LogP contribution in [0.2, 0.25) is 36.3 Å². The fourth-order valence-corrected chi connectivity index (χ4v) is 9.77. The van der Waals surface area contributed by atoms with Gasteiger partial charge in [0.25, 0.3) is 0 Å². The highest BCUT2D eigenvalue weighted by atomic mass is 28.4. The Bertz CT molecular complexity index is 998. The molecule has 5 atom stereocenters. The van der Waals surface area contributed by atoms with E-state index in [1.807, 2.05) is 0 Å². The SMILES string of the molecule is C=C[C@@]12CCc3cc(O[Si](C)(C)C(C)(C)C)ccc3[C@H]1CC[C@]1(C)[C@@H](O[Si](C)(C)C(C)(C)C)CC[C@H]12. The molecular formula is C32H54O2Si2. The Hall–Kier alpha value is -0.846. The van der Waals surface area contributed by atoms with Crippen LogP contribution < -0.4 is 4.43 Å². The van der Waals surface area contributed by atoms with Gasteiger partial charge in [-0.15, -0.1) is 6.58 Å². The summed E-state index contributed by atoms with van der Waals surface area (Å²) in [7, 11) is -3.65. The molecule has 2 nitrogen and oxygen atoms in total. The minimum absolute atomic E-state index is 0.188. The summed E-state index contributed by atoms with van der Waals surface area (Å²) in [5.74, 6) is 2.31. The smallest absolute Gasteiger partial charge is 0.250 e. The van der Waals surface area contributed by atoms with E-state index in [1.54, 1.807) is 5.56 Å². The second kappa shape index (κ2) is 8.84. The molecule has 202 valence electrons. The Kier molecular flexibility index (Phi) is 6.92. The van der Waals surface area contributed by atoms with Crippen LogP contribution in [0, 0.1) is 16.7 Å². The quantitative estimate of drug-likeness (QED) is 0.281. The highest BCUT2D eigenvalue weighted by Crippen LogP contribution is 2.68. The van der Waals surface area contributed by atoms with Gasteiger partial charge in [0.2, 0.25) is 8.32 Å². The molecule has 3 aliphatic carbocycles. The van der Waals surface area contributed by atoms with Crippen LogP contribution in [0.15, 0.2) is 30.9 Å². The van der Waals surface area contributed by atoms with Crippen molar-refractivity contribution in [3.8, 4) is 5.75 Å². The number of hydrogen-bond acceptors (Lipinski definition) is 2. The molecule has 1 aromatic rings. The molecule has 0 unspecified atom stereocenters. The lowest BCUT2D eigenvalue weighted by Gasteiger charge is -2.58. The molecule has 0 aliphatic heterocycles. The second-order valence-corrected chi connectivity index (χ2v) is 25.1. The van der Waals surface area contributed by atoms with Crippen LogP contribution in [0.25, 0.3) is 0 Å². The van der Waals surface area contributed by atoms with Crippen molar-refractivity contribution in [3.63, 3.8) is 0 Å². The molecule has 0 saturated heterocycles. The molecule has 3 aliphatic rings. The van der Waals surface area contributed by atoms with Crippen LogP contribution in [0.3, 0.4) is 0 Å². The average molecular weight is 527 g/mol. The monoisotopic (exact) mass is 526 g/mol. The van der Waals surface area contributed by atoms with Crippen molar-refractivity contribution in [1.82, 2.24) is 0 Å². The van der Waals surface area contributed by atoms with Gasteiger partial charge in [0.1, 0.15) is 5.75 Å². The van der Waals surface area contributed by atoms with Crippen molar-refractivity contribution in [2.75, 3.05) is 0 Å². The molecule has 0 spiro atoms. The largest absolute Gasteiger partial charge is 0.543 e. The van der Waals surface area contributed by atoms with E-state index in [-0.39, 0.29) is 20.9 Å². The number of benzene rings is 1. The molecule has 2 saturated carbocycles. The van der Waals surface area contributed by atoms with Crippen LogP contribution in [0.1, 0.15) is 97.6 Å². The van der Waals surface area contributed by atoms with Gasteiger partial charge in [-0.05, 0) is 121 Å². The molecule has 1 aromatic carbocycles. The lowest BCUT2D eigenvalue weighted by atomic mass is 9.47. The van der Waals surface area contributed by atoms with E-state index in [1.165, 1.54) is 37.7 Å². The van der Waals surface area contributed by atoms with E-state index in [4.69, 9.17) is 8.85 Å². The van der Waals surface area contributed by atoms with Gasteiger partial charge < -0.3 is 8.85 Å². The summed E-state index contributed by atoms with van der Waals surface area (Å²) in [4.78, 5) is 0. The minimum atomic E-state index is -1.84. The zero-order chi connectivity index (χ0) is 26.9. The lowest BCUT2D eigenvalue weighted by Crippen LogP contribution is -2.53. The van der Waals surface area contributed by atoms with Crippen LogP contribution in [0.5, 0.6) is 5.75 Å². The summed E-state index contributed by atoms with van der Waals surface area (Å²) in [5.41, 5.74) is 3.53. The van der Waals surface area contributed by atoms with Crippen molar-refractivity contribution >= 4 is 16.6 Å². The molecule has 0 N–H and O–H groups in total. The third-order valence-corrected chi connectivity index (χ3v) is 20.5. The standard InChI is InChI=1S/C32H54O2Si2/c1-13-32-21-18-23-22-24(33-35(9,10)29(2,3)4)14-15-25(23)26(32)19-20-31(8)27(32)16-17-28(31)34-36(11,12)30(5,6)7/h13-15,22,26-28H,1,16-21H2,2-12H3/t26-,27-,28+,31+,32-/m1/s1. The van der Waals surface area contributed by atoms with Gasteiger partial charge >= 0.3 is 0 Å². The summed E-state index contributed by atoms with van der Waals surface area (Å²) in [5, 5.41) is 0.461. The topological polar surface area (TPSA) is 18.5 Å². The normalized spacial score (nSPS) is 32.9. The van der Waals surface area contributed by atoms with E-state index in [2.05, 4.69) is 106 Å². The van der Waals surface area contributed by atoms with Crippen molar-refractivity contribution in [2.24, 2.45) is 16.7 Å². The minimum Gasteiger partial charge on any atom is -0.543 e. The van der Waals surface area contributed by atoms with E-state index in [0.29, 0.717) is 17.9 Å². The molecule has 0 radical (unpaired) electrons. The maximum Gasteiger partial charge on any atom is 0.250 e. The van der Waals surface area contributed by atoms with E-state index >= 15 is 0 Å². The summed E-state index contributed by atoms with van der Waals surface area (Å²) in [6, 6.07) is 7.07. The first-order valence-electron chi connectivity index (χ1n) is 14.5. The molecule has 36 heavy (non-hydrogen) atoms. The van der Waals surface area contributed by atoms with Gasteiger partial charge in [-0.1, -0.05) is 60.6 Å². The summed E-state index contributed by atoms with van der Waals surface area (Å²) < 4.78 is 13.9. The van der Waals surface area contributed by atoms with Gasteiger partial charge in [-0.25, -0.2) is 0 Å². The Morgan fingerprint density at radius 3 is 2.14 bits per heavy atom. The molecular weight excluding hydrogens is 473 g/mol. The van der Waals surface area contributed by atoms with E-state index < -0.39 is 16.6 Å². The second-order valence-electron chi connectivity index (χ2n) is 15.6. The Labute approximate surface area is 224 Å². The van der Waals surface area contributed by atoms with Crippen LogP contribution in [0.4, 0.5) is 0 Å². The fraction of sp³-hybridized carbons (Fsp3) is 0.750. The number of allylic oxidation sites excluding steroid dienone is 1. The van der Waals surface area contributed by atoms with Crippen LogP contribution in [-0.2, 0) is 10.8 Å². The third kappa shape index (κ3) is 4.41. The van der Waals surface area contributed by atoms with Crippen molar-refractivity contribution < 1.29 is 8.85 Å². The molecule has 0 heterocycles. The molecule has 0 bridgehead atoms. The van der Waals surface area contributed by atoms with Gasteiger partial charge in [-0.3, -0.25) is 0 Å². The van der Waals surface area contributed by atoms with Crippen LogP contribution >= 0.6 is 0 Å². The summed E-state index contributed by atoms with van der Waals surface area (Å²) in [6.45, 7) is 30.7. The maximum atomic E-state index is 7.16. The first kappa shape index (κ1) is 28.2. The van der Waals surface area contributed by atoms with Gasteiger partial charge in [-0.2, -0.15) is 0 Å². The molecule has 2 fully saturated rings. The summed E-state index contributed by atoms with van der Waals surface area (Å²) in [6.07, 6.45) is 10.1. The van der Waals surface area contributed by atoms with E-state index in [9.17, 15) is 0 Å². The fourth-order valence-electron chi connectivity index (χ4n) is 7.29. The predicted octanol–water partition coefficient (Wildman–Crippen LogP) is 9.87. The van der Waals surface area contributed by atoms with Gasteiger partial charge in [0.15, 0.2) is 8.32 Å². The number of fused-ring (bicyclic) bond motifs is 5. The lowest BCUT2D eigenvalue weighted by molar-refractivity contribution is -0.0480. The predicted molar refractivity (Wildman–Crippen MR) is 160 cm³/mol. The Morgan fingerprint density at radius 2 is 1.56 bits per heavy atom. The Morgan fingerprint density at radius 1 is 0.917 bits per heavy atom. The first-order valence-corrected chi connectivity index (χ1v) is 20.3. The number of hydrogen-bond donors (Lipinski definition) is 0. The zero-order valence-corrected chi connectivity index (χ0v) is 27.3. The Balaban J connectivity index is 1.62. The maximum absolute atomic E-state index is 7.16. The van der Waals surface area contributed by atoms with Gasteiger partial charge in [0, 0.05) is 0 Å². The van der Waals surface area contributed by atoms with Crippen molar-refractivity contribution in [1.29, 1.82) is 0 Å².